The van der Waals surface area contributed by atoms with Gasteiger partial charge in [0.2, 0.25) is 5.95 Å². The number of anilines is 3. The molecule has 0 spiro atoms. The van der Waals surface area contributed by atoms with Crippen molar-refractivity contribution in [3.8, 4) is 5.75 Å². The highest BCUT2D eigenvalue weighted by atomic mass is 16.5. The van der Waals surface area contributed by atoms with Gasteiger partial charge < -0.3 is 15.4 Å². The first kappa shape index (κ1) is 17.7. The topological polar surface area (TPSA) is 59.1 Å². The van der Waals surface area contributed by atoms with E-state index in [2.05, 4.69) is 46.6 Å². The van der Waals surface area contributed by atoms with E-state index >= 15 is 0 Å². The normalized spacial score (nSPS) is 10.6. The molecule has 0 unspecified atom stereocenters. The van der Waals surface area contributed by atoms with Crippen molar-refractivity contribution in [1.82, 2.24) is 9.97 Å². The fourth-order valence-corrected chi connectivity index (χ4v) is 2.48. The fraction of sp³-hybridized carbons (Fsp3) is 0.238. The van der Waals surface area contributed by atoms with Crippen molar-refractivity contribution < 1.29 is 4.74 Å². The highest BCUT2D eigenvalue weighted by Crippen LogP contribution is 2.21. The van der Waals surface area contributed by atoms with Gasteiger partial charge in [-0.3, -0.25) is 0 Å². The maximum absolute atomic E-state index is 5.82. The predicted molar refractivity (Wildman–Crippen MR) is 106 cm³/mol. The zero-order chi connectivity index (χ0) is 18.4. The van der Waals surface area contributed by atoms with Crippen molar-refractivity contribution in [3.05, 3.63) is 71.9 Å². The molecule has 1 heterocycles. The molecule has 0 saturated heterocycles. The van der Waals surface area contributed by atoms with Gasteiger partial charge in [0.15, 0.2) is 0 Å². The van der Waals surface area contributed by atoms with Gasteiger partial charge in [0, 0.05) is 23.5 Å². The maximum Gasteiger partial charge on any atom is 0.225 e. The van der Waals surface area contributed by atoms with Crippen LogP contribution in [0.3, 0.4) is 0 Å². The number of aromatic nitrogens is 2. The van der Waals surface area contributed by atoms with Crippen LogP contribution in [-0.2, 0) is 6.61 Å². The third-order valence-corrected chi connectivity index (χ3v) is 3.65. The molecule has 0 atom stereocenters. The molecule has 0 radical (unpaired) electrons. The number of nitrogens with zero attached hydrogens (tertiary/aromatic N) is 2. The first-order valence-electron chi connectivity index (χ1n) is 8.74. The maximum atomic E-state index is 5.82. The summed E-state index contributed by atoms with van der Waals surface area (Å²) in [6, 6.07) is 20.2. The summed E-state index contributed by atoms with van der Waals surface area (Å²) in [6.07, 6.45) is 0. The van der Waals surface area contributed by atoms with E-state index in [0.717, 1.165) is 28.5 Å². The number of ether oxygens (including phenoxy) is 1. The monoisotopic (exact) mass is 348 g/mol. The van der Waals surface area contributed by atoms with E-state index in [-0.39, 0.29) is 6.04 Å². The molecule has 26 heavy (non-hydrogen) atoms. The Morgan fingerprint density at radius 3 is 2.38 bits per heavy atom. The SMILES string of the molecule is Cc1cc(Nc2ccc(OCc3ccccc3)cc2)nc(NC(C)C)n1. The number of benzene rings is 2. The minimum Gasteiger partial charge on any atom is -0.489 e. The Labute approximate surface area is 154 Å². The Balaban J connectivity index is 1.63. The van der Waals surface area contributed by atoms with Crippen LogP contribution in [0, 0.1) is 6.92 Å². The molecule has 1 aromatic heterocycles. The van der Waals surface area contributed by atoms with Gasteiger partial charge in [-0.15, -0.1) is 0 Å². The second-order valence-electron chi connectivity index (χ2n) is 6.44. The number of hydrogen-bond donors (Lipinski definition) is 2. The van der Waals surface area contributed by atoms with Crippen LogP contribution in [-0.4, -0.2) is 16.0 Å². The predicted octanol–water partition coefficient (Wildman–Crippen LogP) is 4.93. The summed E-state index contributed by atoms with van der Waals surface area (Å²) in [5, 5.41) is 6.54. The first-order valence-corrected chi connectivity index (χ1v) is 8.74. The van der Waals surface area contributed by atoms with Gasteiger partial charge in [-0.2, -0.15) is 4.98 Å². The summed E-state index contributed by atoms with van der Waals surface area (Å²) in [5.41, 5.74) is 3.01. The average Bonchev–Trinajstić information content (AvgIpc) is 2.61. The van der Waals surface area contributed by atoms with Crippen molar-refractivity contribution >= 4 is 17.5 Å². The van der Waals surface area contributed by atoms with E-state index in [1.54, 1.807) is 0 Å². The number of aryl methyl sites for hydroxylation is 1. The lowest BCUT2D eigenvalue weighted by molar-refractivity contribution is 0.306. The largest absolute Gasteiger partial charge is 0.489 e. The smallest absolute Gasteiger partial charge is 0.225 e. The molecule has 2 N–H and O–H groups in total. The van der Waals surface area contributed by atoms with Gasteiger partial charge in [-0.05, 0) is 50.6 Å². The van der Waals surface area contributed by atoms with Crippen molar-refractivity contribution in [2.45, 2.75) is 33.4 Å². The zero-order valence-electron chi connectivity index (χ0n) is 15.4. The molecule has 0 bridgehead atoms. The number of nitrogens with one attached hydrogen (secondary N) is 2. The van der Waals surface area contributed by atoms with Crippen LogP contribution in [0.1, 0.15) is 25.1 Å². The van der Waals surface area contributed by atoms with Gasteiger partial charge >= 0.3 is 0 Å². The fourth-order valence-electron chi connectivity index (χ4n) is 2.48. The number of rotatable bonds is 7. The standard InChI is InChI=1S/C21H24N4O/c1-15(2)22-21-23-16(3)13-20(25-21)24-18-9-11-19(12-10-18)26-14-17-7-5-4-6-8-17/h4-13,15H,14H2,1-3H3,(H2,22,23,24,25). The van der Waals surface area contributed by atoms with Crippen molar-refractivity contribution in [3.63, 3.8) is 0 Å². The molecule has 0 fully saturated rings. The van der Waals surface area contributed by atoms with E-state index in [1.165, 1.54) is 0 Å². The van der Waals surface area contributed by atoms with E-state index in [4.69, 9.17) is 4.74 Å². The Morgan fingerprint density at radius 2 is 1.69 bits per heavy atom. The van der Waals surface area contributed by atoms with E-state index in [1.807, 2.05) is 55.5 Å². The molecule has 3 rings (SSSR count). The average molecular weight is 348 g/mol. The van der Waals surface area contributed by atoms with Gasteiger partial charge in [-0.25, -0.2) is 4.98 Å². The Morgan fingerprint density at radius 1 is 0.962 bits per heavy atom. The molecular formula is C21H24N4O. The molecule has 0 amide bonds. The minimum atomic E-state index is 0.283. The number of hydrogen-bond acceptors (Lipinski definition) is 5. The van der Waals surface area contributed by atoms with Crippen LogP contribution in [0.5, 0.6) is 5.75 Å². The molecule has 0 saturated carbocycles. The lowest BCUT2D eigenvalue weighted by Gasteiger charge is -2.12. The lowest BCUT2D eigenvalue weighted by Crippen LogP contribution is -2.13. The third-order valence-electron chi connectivity index (χ3n) is 3.65. The first-order chi connectivity index (χ1) is 12.6. The minimum absolute atomic E-state index is 0.283. The van der Waals surface area contributed by atoms with Crippen molar-refractivity contribution in [1.29, 1.82) is 0 Å². The summed E-state index contributed by atoms with van der Waals surface area (Å²) in [5.74, 6) is 2.23. The van der Waals surface area contributed by atoms with Gasteiger partial charge in [-0.1, -0.05) is 30.3 Å². The van der Waals surface area contributed by atoms with Gasteiger partial charge in [0.05, 0.1) is 0 Å². The van der Waals surface area contributed by atoms with E-state index < -0.39 is 0 Å². The van der Waals surface area contributed by atoms with Crippen LogP contribution in [0.2, 0.25) is 0 Å². The Hall–Kier alpha value is -3.08. The molecule has 0 aliphatic heterocycles. The lowest BCUT2D eigenvalue weighted by atomic mass is 10.2. The van der Waals surface area contributed by atoms with Crippen LogP contribution < -0.4 is 15.4 Å². The quantitative estimate of drug-likeness (QED) is 0.634. The van der Waals surface area contributed by atoms with Crippen molar-refractivity contribution in [2.75, 3.05) is 10.6 Å². The van der Waals surface area contributed by atoms with Gasteiger partial charge in [0.25, 0.3) is 0 Å². The van der Waals surface area contributed by atoms with Crippen LogP contribution in [0.15, 0.2) is 60.7 Å². The Kier molecular flexibility index (Phi) is 5.69. The van der Waals surface area contributed by atoms with Crippen molar-refractivity contribution in [2.24, 2.45) is 0 Å². The Bertz CT molecular complexity index is 832. The molecule has 0 aliphatic carbocycles. The molecule has 3 aromatic rings. The molecular weight excluding hydrogens is 324 g/mol. The summed E-state index contributed by atoms with van der Waals surface area (Å²) in [7, 11) is 0. The van der Waals surface area contributed by atoms with E-state index in [0.29, 0.717) is 12.6 Å². The third kappa shape index (κ3) is 5.21. The second kappa shape index (κ2) is 8.34. The van der Waals surface area contributed by atoms with Gasteiger partial charge in [0.1, 0.15) is 18.2 Å². The summed E-state index contributed by atoms with van der Waals surface area (Å²) < 4.78 is 5.82. The molecule has 5 heteroatoms. The molecule has 2 aromatic carbocycles. The molecule has 0 aliphatic rings. The highest BCUT2D eigenvalue weighted by Gasteiger charge is 2.04. The second-order valence-corrected chi connectivity index (χ2v) is 6.44. The molecule has 134 valence electrons. The zero-order valence-corrected chi connectivity index (χ0v) is 15.4. The molecule has 5 nitrogen and oxygen atoms in total. The van der Waals surface area contributed by atoms with Crippen LogP contribution in [0.4, 0.5) is 17.5 Å². The summed E-state index contributed by atoms with van der Waals surface area (Å²) in [6.45, 7) is 6.64. The van der Waals surface area contributed by atoms with E-state index in [9.17, 15) is 0 Å². The van der Waals surface area contributed by atoms with Crippen LogP contribution >= 0.6 is 0 Å². The highest BCUT2D eigenvalue weighted by molar-refractivity contribution is 5.58. The summed E-state index contributed by atoms with van der Waals surface area (Å²) >= 11 is 0. The summed E-state index contributed by atoms with van der Waals surface area (Å²) in [4.78, 5) is 8.90. The van der Waals surface area contributed by atoms with Crippen LogP contribution in [0.25, 0.3) is 0 Å².